The lowest BCUT2D eigenvalue weighted by Crippen LogP contribution is -2.68. The number of ketones is 1. The quantitative estimate of drug-likeness (QED) is 0.706. The number of carbonyl (C=O) groups excluding carboxylic acids is 2. The van der Waals surface area contributed by atoms with E-state index in [0.717, 1.165) is 0 Å². The van der Waals surface area contributed by atoms with Gasteiger partial charge in [0.25, 0.3) is 0 Å². The number of Topliss-reactive ketones (excluding diaryl/α,β-unsaturated/α-hetero) is 1. The van der Waals surface area contributed by atoms with E-state index in [9.17, 15) is 9.59 Å². The van der Waals surface area contributed by atoms with Crippen LogP contribution < -0.4 is 0 Å². The monoisotopic (exact) mass is 241 g/mol. The highest BCUT2D eigenvalue weighted by Crippen LogP contribution is 2.43. The second kappa shape index (κ2) is 4.09. The van der Waals surface area contributed by atoms with Gasteiger partial charge in [-0.1, -0.05) is 13.8 Å². The van der Waals surface area contributed by atoms with Gasteiger partial charge in [0.1, 0.15) is 5.78 Å². The lowest BCUT2D eigenvalue weighted by molar-refractivity contribution is -0.277. The molecule has 1 aliphatic heterocycles. The maximum Gasteiger partial charge on any atom is 0.322 e. The first-order chi connectivity index (χ1) is 7.52. The summed E-state index contributed by atoms with van der Waals surface area (Å²) in [4.78, 5) is 28.8. The van der Waals surface area contributed by atoms with Gasteiger partial charge in [0.2, 0.25) is 0 Å². The number of hydrogen-bond donors (Lipinski definition) is 0. The molecule has 0 aromatic carbocycles. The SMILES string of the molecule is CC(=O)ON1C(C)(C)C(C)C(=O)C(C)C1(C)C. The Morgan fingerprint density at radius 2 is 1.47 bits per heavy atom. The number of piperidine rings is 1. The van der Waals surface area contributed by atoms with Crippen LogP contribution >= 0.6 is 0 Å². The Balaban J connectivity index is 3.21. The van der Waals surface area contributed by atoms with E-state index < -0.39 is 11.1 Å². The van der Waals surface area contributed by atoms with Gasteiger partial charge in [-0.15, -0.1) is 5.06 Å². The summed E-state index contributed by atoms with van der Waals surface area (Å²) in [5, 5.41) is 1.69. The average molecular weight is 241 g/mol. The molecule has 0 N–H and O–H groups in total. The molecular formula is C13H23NO3. The highest BCUT2D eigenvalue weighted by molar-refractivity contribution is 5.86. The van der Waals surface area contributed by atoms with E-state index in [1.807, 2.05) is 41.5 Å². The molecule has 1 fully saturated rings. The molecule has 1 rings (SSSR count). The van der Waals surface area contributed by atoms with Gasteiger partial charge < -0.3 is 4.84 Å². The van der Waals surface area contributed by atoms with E-state index in [1.165, 1.54) is 6.92 Å². The van der Waals surface area contributed by atoms with Crippen molar-refractivity contribution >= 4 is 11.8 Å². The highest BCUT2D eigenvalue weighted by atomic mass is 16.7. The number of nitrogens with zero attached hydrogens (tertiary/aromatic N) is 1. The first-order valence-corrected chi connectivity index (χ1v) is 6.05. The molecule has 1 aliphatic rings. The molecule has 0 spiro atoms. The van der Waals surface area contributed by atoms with Gasteiger partial charge in [0.15, 0.2) is 0 Å². The molecule has 0 radical (unpaired) electrons. The molecule has 2 unspecified atom stereocenters. The normalized spacial score (nSPS) is 32.3. The van der Waals surface area contributed by atoms with Crippen molar-refractivity contribution in [2.75, 3.05) is 0 Å². The number of rotatable bonds is 1. The number of carbonyl (C=O) groups is 2. The van der Waals surface area contributed by atoms with Crippen LogP contribution in [-0.2, 0) is 14.4 Å². The van der Waals surface area contributed by atoms with E-state index in [1.54, 1.807) is 5.06 Å². The van der Waals surface area contributed by atoms with Gasteiger partial charge in [-0.05, 0) is 27.7 Å². The molecular weight excluding hydrogens is 218 g/mol. The molecule has 0 aromatic rings. The maximum atomic E-state index is 12.2. The fourth-order valence-electron chi connectivity index (χ4n) is 2.53. The molecule has 0 amide bonds. The van der Waals surface area contributed by atoms with Crippen molar-refractivity contribution in [2.24, 2.45) is 11.8 Å². The molecule has 4 nitrogen and oxygen atoms in total. The third-order valence-corrected chi connectivity index (χ3v) is 4.24. The Kier molecular flexibility index (Phi) is 3.41. The van der Waals surface area contributed by atoms with Crippen LogP contribution in [-0.4, -0.2) is 27.9 Å². The van der Waals surface area contributed by atoms with Gasteiger partial charge in [0, 0.05) is 18.8 Å². The lowest BCUT2D eigenvalue weighted by Gasteiger charge is -2.55. The van der Waals surface area contributed by atoms with Crippen molar-refractivity contribution in [2.45, 2.75) is 59.5 Å². The summed E-state index contributed by atoms with van der Waals surface area (Å²) in [5.74, 6) is -0.446. The third-order valence-electron chi connectivity index (χ3n) is 4.24. The van der Waals surface area contributed by atoms with Crippen LogP contribution in [0.1, 0.15) is 48.5 Å². The Morgan fingerprint density at radius 3 is 1.76 bits per heavy atom. The molecule has 0 bridgehead atoms. The molecule has 1 saturated heterocycles. The number of hydrogen-bond acceptors (Lipinski definition) is 4. The topological polar surface area (TPSA) is 46.6 Å². The van der Waals surface area contributed by atoms with Crippen LogP contribution in [0.2, 0.25) is 0 Å². The fraction of sp³-hybridized carbons (Fsp3) is 0.846. The molecule has 1 heterocycles. The highest BCUT2D eigenvalue weighted by Gasteiger charge is 2.55. The average Bonchev–Trinajstić information content (AvgIpc) is 2.20. The van der Waals surface area contributed by atoms with Crippen LogP contribution in [0.15, 0.2) is 0 Å². The molecule has 2 atom stereocenters. The molecule has 4 heteroatoms. The standard InChI is InChI=1S/C13H23NO3/c1-8-11(16)9(2)13(6,7)14(12(8,4)5)17-10(3)15/h8-9H,1-7H3. The van der Waals surface area contributed by atoms with Gasteiger partial charge in [0.05, 0.1) is 11.1 Å². The Labute approximate surface area is 103 Å². The molecule has 0 aromatic heterocycles. The van der Waals surface area contributed by atoms with Crippen molar-refractivity contribution < 1.29 is 14.4 Å². The smallest absolute Gasteiger partial charge is 0.322 e. The van der Waals surface area contributed by atoms with E-state index in [2.05, 4.69) is 0 Å². The Bertz CT molecular complexity index is 323. The van der Waals surface area contributed by atoms with Crippen molar-refractivity contribution in [3.05, 3.63) is 0 Å². The van der Waals surface area contributed by atoms with Gasteiger partial charge >= 0.3 is 5.97 Å². The zero-order valence-corrected chi connectivity index (χ0v) is 11.8. The summed E-state index contributed by atoms with van der Waals surface area (Å²) >= 11 is 0. The van der Waals surface area contributed by atoms with Crippen LogP contribution in [0.3, 0.4) is 0 Å². The van der Waals surface area contributed by atoms with Crippen LogP contribution in [0, 0.1) is 11.8 Å². The molecule has 98 valence electrons. The molecule has 0 aliphatic carbocycles. The predicted octanol–water partition coefficient (Wildman–Crippen LogP) is 2.18. The van der Waals surface area contributed by atoms with Crippen molar-refractivity contribution in [3.8, 4) is 0 Å². The van der Waals surface area contributed by atoms with Gasteiger partial charge in [-0.25, -0.2) is 0 Å². The summed E-state index contributed by atoms with van der Waals surface area (Å²) < 4.78 is 0. The van der Waals surface area contributed by atoms with E-state index in [4.69, 9.17) is 4.84 Å². The lowest BCUT2D eigenvalue weighted by atomic mass is 9.68. The molecule has 17 heavy (non-hydrogen) atoms. The molecule has 0 saturated carbocycles. The van der Waals surface area contributed by atoms with E-state index in [0.29, 0.717) is 0 Å². The van der Waals surface area contributed by atoms with Gasteiger partial charge in [-0.2, -0.15) is 0 Å². The van der Waals surface area contributed by atoms with E-state index >= 15 is 0 Å². The second-order valence-electron chi connectivity index (χ2n) is 6.03. The van der Waals surface area contributed by atoms with Crippen molar-refractivity contribution in [3.63, 3.8) is 0 Å². The minimum Gasteiger partial charge on any atom is -0.367 e. The maximum absolute atomic E-state index is 12.2. The number of hydroxylamine groups is 2. The minimum absolute atomic E-state index is 0.162. The van der Waals surface area contributed by atoms with Crippen molar-refractivity contribution in [1.29, 1.82) is 0 Å². The Hall–Kier alpha value is -0.900. The summed E-state index contributed by atoms with van der Waals surface area (Å²) in [5.41, 5.74) is -0.975. The van der Waals surface area contributed by atoms with Crippen LogP contribution in [0.25, 0.3) is 0 Å². The second-order valence-corrected chi connectivity index (χ2v) is 6.03. The summed E-state index contributed by atoms with van der Waals surface area (Å²) in [6, 6.07) is 0. The zero-order chi connectivity index (χ0) is 13.6. The predicted molar refractivity (Wildman–Crippen MR) is 65.1 cm³/mol. The van der Waals surface area contributed by atoms with Crippen molar-refractivity contribution in [1.82, 2.24) is 5.06 Å². The first kappa shape index (κ1) is 14.2. The third kappa shape index (κ3) is 2.10. The van der Waals surface area contributed by atoms with E-state index in [-0.39, 0.29) is 23.6 Å². The fourth-order valence-corrected chi connectivity index (χ4v) is 2.53. The van der Waals surface area contributed by atoms with Gasteiger partial charge in [-0.3, -0.25) is 9.59 Å². The largest absolute Gasteiger partial charge is 0.367 e. The first-order valence-electron chi connectivity index (χ1n) is 6.05. The zero-order valence-electron chi connectivity index (χ0n) is 11.8. The van der Waals surface area contributed by atoms with Crippen LogP contribution in [0.5, 0.6) is 0 Å². The van der Waals surface area contributed by atoms with Crippen LogP contribution in [0.4, 0.5) is 0 Å². The summed E-state index contributed by atoms with van der Waals surface area (Å²) in [6.07, 6.45) is 0. The summed E-state index contributed by atoms with van der Waals surface area (Å²) in [7, 11) is 0. The minimum atomic E-state index is -0.487. The Morgan fingerprint density at radius 1 is 1.12 bits per heavy atom. The summed E-state index contributed by atoms with van der Waals surface area (Å²) in [6.45, 7) is 12.9.